The Morgan fingerprint density at radius 1 is 0.902 bits per heavy atom. The van der Waals surface area contributed by atoms with Gasteiger partial charge in [0, 0.05) is 18.8 Å². The molecule has 4 nitrogen and oxygen atoms in total. The van der Waals surface area contributed by atoms with E-state index in [0.717, 1.165) is 61.3 Å². The third-order valence-corrected chi connectivity index (χ3v) is 13.1. The SMILES string of the molecule is CC(C)CCC[C@H](C)[C@H]1CC[C@H]2[C@@H]3[C@H](O)C[C@@H]4C[C@H](NCCCCNCc5ccccn5)CC[C@]4(C)[C@H]3CC[C@]12C. The molecule has 0 spiro atoms. The Kier molecular flexibility index (Phi) is 10.6. The Bertz CT molecular complexity index is 937. The van der Waals surface area contributed by atoms with Gasteiger partial charge in [-0.25, -0.2) is 0 Å². The predicted octanol–water partition coefficient (Wildman–Crippen LogP) is 8.00. The number of hydrogen-bond donors (Lipinski definition) is 3. The van der Waals surface area contributed by atoms with Crippen LogP contribution < -0.4 is 10.6 Å². The van der Waals surface area contributed by atoms with E-state index in [0.29, 0.717) is 28.7 Å². The quantitative estimate of drug-likeness (QED) is 0.212. The van der Waals surface area contributed by atoms with Crippen LogP contribution in [0.25, 0.3) is 0 Å². The van der Waals surface area contributed by atoms with E-state index in [1.165, 1.54) is 77.0 Å². The van der Waals surface area contributed by atoms with Crippen molar-refractivity contribution >= 4 is 0 Å². The molecule has 4 fully saturated rings. The number of nitrogens with zero attached hydrogens (tertiary/aromatic N) is 1. The topological polar surface area (TPSA) is 57.2 Å². The minimum absolute atomic E-state index is 0.0818. The normalized spacial score (nSPS) is 39.2. The summed E-state index contributed by atoms with van der Waals surface area (Å²) in [5, 5.41) is 19.2. The highest BCUT2D eigenvalue weighted by molar-refractivity contribution is 5.12. The number of unbranched alkanes of at least 4 members (excludes halogenated alkanes) is 1. The molecular formula is C37H63N3O. The Labute approximate surface area is 252 Å². The van der Waals surface area contributed by atoms with Crippen LogP contribution >= 0.6 is 0 Å². The van der Waals surface area contributed by atoms with Crippen molar-refractivity contribution in [1.29, 1.82) is 0 Å². The lowest BCUT2D eigenvalue weighted by Gasteiger charge is -2.62. The van der Waals surface area contributed by atoms with E-state index in [-0.39, 0.29) is 6.10 Å². The highest BCUT2D eigenvalue weighted by atomic mass is 16.3. The minimum atomic E-state index is -0.0818. The largest absolute Gasteiger partial charge is 0.393 e. The van der Waals surface area contributed by atoms with E-state index >= 15 is 0 Å². The van der Waals surface area contributed by atoms with E-state index < -0.39 is 0 Å². The summed E-state index contributed by atoms with van der Waals surface area (Å²) in [6.45, 7) is 15.6. The highest BCUT2D eigenvalue weighted by Gasteiger charge is 2.62. The molecule has 0 amide bonds. The third-order valence-electron chi connectivity index (χ3n) is 13.1. The highest BCUT2D eigenvalue weighted by Crippen LogP contribution is 2.68. The molecule has 0 aliphatic heterocycles. The molecular weight excluding hydrogens is 502 g/mol. The third kappa shape index (κ3) is 6.91. The molecule has 1 aromatic rings. The van der Waals surface area contributed by atoms with Crippen molar-refractivity contribution in [2.24, 2.45) is 52.3 Å². The van der Waals surface area contributed by atoms with E-state index in [2.05, 4.69) is 62.4 Å². The van der Waals surface area contributed by atoms with Gasteiger partial charge in [-0.3, -0.25) is 4.98 Å². The van der Waals surface area contributed by atoms with Gasteiger partial charge in [0.2, 0.25) is 0 Å². The van der Waals surface area contributed by atoms with E-state index in [1.807, 2.05) is 12.3 Å². The van der Waals surface area contributed by atoms with Gasteiger partial charge >= 0.3 is 0 Å². The number of hydrogen-bond acceptors (Lipinski definition) is 4. The lowest BCUT2D eigenvalue weighted by atomic mass is 9.43. The molecule has 0 bridgehead atoms. The second-order valence-electron chi connectivity index (χ2n) is 16.0. The standard InChI is InChI=1S/C37H63N3O/c1-26(2)11-10-12-27(3)31-14-15-32-35-33(17-19-37(31,32)5)36(4)18-16-29(23-28(36)24-34(35)41)39-22-9-8-20-38-25-30-13-6-7-21-40-30/h6-7,13,21,26-29,31-35,38-39,41H,8-12,14-20,22-25H2,1-5H3/t27-,28-,29+,31+,32-,33-,34+,35-,36-,37+/m0/s1. The van der Waals surface area contributed by atoms with Gasteiger partial charge in [0.05, 0.1) is 11.8 Å². The maximum absolute atomic E-state index is 11.8. The van der Waals surface area contributed by atoms with Crippen LogP contribution in [0.15, 0.2) is 24.4 Å². The number of nitrogens with one attached hydrogen (secondary N) is 2. The first-order valence-electron chi connectivity index (χ1n) is 17.7. The van der Waals surface area contributed by atoms with Crippen LogP contribution in [0.1, 0.15) is 124 Å². The zero-order chi connectivity index (χ0) is 29.0. The summed E-state index contributed by atoms with van der Waals surface area (Å²) in [7, 11) is 0. The summed E-state index contributed by atoms with van der Waals surface area (Å²) in [5.41, 5.74) is 2.00. The fraction of sp³-hybridized carbons (Fsp3) is 0.865. The Morgan fingerprint density at radius 3 is 2.46 bits per heavy atom. The first-order valence-corrected chi connectivity index (χ1v) is 17.7. The summed E-state index contributed by atoms with van der Waals surface area (Å²) in [6.07, 6.45) is 18.9. The fourth-order valence-corrected chi connectivity index (χ4v) is 10.8. The molecule has 4 aliphatic carbocycles. The van der Waals surface area contributed by atoms with Gasteiger partial charge in [-0.1, -0.05) is 59.9 Å². The lowest BCUT2D eigenvalue weighted by Crippen LogP contribution is -2.59. The van der Waals surface area contributed by atoms with Gasteiger partial charge in [0.25, 0.3) is 0 Å². The van der Waals surface area contributed by atoms with Gasteiger partial charge in [-0.15, -0.1) is 0 Å². The van der Waals surface area contributed by atoms with Gasteiger partial charge < -0.3 is 15.7 Å². The Morgan fingerprint density at radius 2 is 1.68 bits per heavy atom. The van der Waals surface area contributed by atoms with Gasteiger partial charge in [-0.2, -0.15) is 0 Å². The summed E-state index contributed by atoms with van der Waals surface area (Å²) in [4.78, 5) is 4.39. The molecule has 5 rings (SSSR count). The number of rotatable bonds is 13. The van der Waals surface area contributed by atoms with Crippen molar-refractivity contribution < 1.29 is 5.11 Å². The Hall–Kier alpha value is -0.970. The van der Waals surface area contributed by atoms with Crippen LogP contribution in [0, 0.1) is 52.3 Å². The number of aromatic nitrogens is 1. The number of aliphatic hydroxyl groups excluding tert-OH is 1. The van der Waals surface area contributed by atoms with Crippen molar-refractivity contribution in [2.45, 2.75) is 137 Å². The molecule has 0 saturated heterocycles. The molecule has 1 aromatic heterocycles. The van der Waals surface area contributed by atoms with Crippen molar-refractivity contribution in [3.63, 3.8) is 0 Å². The average molecular weight is 566 g/mol. The molecule has 3 N–H and O–H groups in total. The van der Waals surface area contributed by atoms with E-state index in [9.17, 15) is 5.11 Å². The predicted molar refractivity (Wildman–Crippen MR) is 171 cm³/mol. The van der Waals surface area contributed by atoms with Gasteiger partial charge in [-0.05, 0) is 142 Å². The van der Waals surface area contributed by atoms with E-state index in [1.54, 1.807) is 0 Å². The molecule has 0 radical (unpaired) electrons. The molecule has 4 saturated carbocycles. The number of fused-ring (bicyclic) bond motifs is 5. The average Bonchev–Trinajstić information content (AvgIpc) is 3.30. The molecule has 0 aromatic carbocycles. The summed E-state index contributed by atoms with van der Waals surface area (Å²) in [5.74, 6) is 5.23. The maximum atomic E-state index is 11.8. The lowest BCUT2D eigenvalue weighted by molar-refractivity contribution is -0.167. The first-order chi connectivity index (χ1) is 19.7. The monoisotopic (exact) mass is 565 g/mol. The summed E-state index contributed by atoms with van der Waals surface area (Å²) in [6, 6.07) is 6.75. The van der Waals surface area contributed by atoms with Crippen LogP contribution in [-0.4, -0.2) is 35.3 Å². The fourth-order valence-electron chi connectivity index (χ4n) is 10.8. The zero-order valence-electron chi connectivity index (χ0n) is 27.2. The van der Waals surface area contributed by atoms with Crippen LogP contribution in [0.3, 0.4) is 0 Å². The molecule has 1 heterocycles. The smallest absolute Gasteiger partial charge is 0.0577 e. The first kappa shape index (κ1) is 31.5. The zero-order valence-corrected chi connectivity index (χ0v) is 27.2. The number of aliphatic hydroxyl groups is 1. The summed E-state index contributed by atoms with van der Waals surface area (Å²) >= 11 is 0. The van der Waals surface area contributed by atoms with Crippen LogP contribution in [0.2, 0.25) is 0 Å². The molecule has 41 heavy (non-hydrogen) atoms. The van der Waals surface area contributed by atoms with Crippen LogP contribution in [-0.2, 0) is 6.54 Å². The van der Waals surface area contributed by atoms with Gasteiger partial charge in [0.1, 0.15) is 0 Å². The van der Waals surface area contributed by atoms with Crippen molar-refractivity contribution in [2.75, 3.05) is 13.1 Å². The molecule has 10 atom stereocenters. The second-order valence-corrected chi connectivity index (χ2v) is 16.0. The Balaban J connectivity index is 1.09. The van der Waals surface area contributed by atoms with Crippen molar-refractivity contribution in [3.8, 4) is 0 Å². The molecule has 0 unspecified atom stereocenters. The summed E-state index contributed by atoms with van der Waals surface area (Å²) < 4.78 is 0. The molecule has 4 aliphatic rings. The van der Waals surface area contributed by atoms with Gasteiger partial charge in [0.15, 0.2) is 0 Å². The molecule has 4 heteroatoms. The minimum Gasteiger partial charge on any atom is -0.393 e. The molecule has 232 valence electrons. The van der Waals surface area contributed by atoms with Crippen molar-refractivity contribution in [1.82, 2.24) is 15.6 Å². The number of pyridine rings is 1. The second kappa shape index (κ2) is 13.8. The van der Waals surface area contributed by atoms with Crippen LogP contribution in [0.5, 0.6) is 0 Å². The maximum Gasteiger partial charge on any atom is 0.0577 e. The van der Waals surface area contributed by atoms with Crippen molar-refractivity contribution in [3.05, 3.63) is 30.1 Å². The van der Waals surface area contributed by atoms with Crippen LogP contribution in [0.4, 0.5) is 0 Å². The van der Waals surface area contributed by atoms with E-state index in [4.69, 9.17) is 0 Å².